The quantitative estimate of drug-likeness (QED) is 0.907. The Kier molecular flexibility index (Phi) is 4.96. The molecular formula is C16H24ClN5O. The van der Waals surface area contributed by atoms with Crippen molar-refractivity contribution < 1.29 is 4.79 Å². The van der Waals surface area contributed by atoms with Crippen LogP contribution in [0.4, 0.5) is 0 Å². The van der Waals surface area contributed by atoms with E-state index in [0.717, 1.165) is 30.0 Å². The predicted molar refractivity (Wildman–Crippen MR) is 92.1 cm³/mol. The molecule has 0 spiro atoms. The summed E-state index contributed by atoms with van der Waals surface area (Å²) in [5.74, 6) is 0.408. The van der Waals surface area contributed by atoms with Crippen LogP contribution < -0.4 is 5.73 Å². The number of rotatable bonds is 2. The highest BCUT2D eigenvalue weighted by Crippen LogP contribution is 2.26. The molecule has 3 heterocycles. The number of nitrogens with zero attached hydrogens (tertiary/aromatic N) is 4. The van der Waals surface area contributed by atoms with Crippen molar-refractivity contribution in [1.29, 1.82) is 0 Å². The van der Waals surface area contributed by atoms with Crippen molar-refractivity contribution in [3.05, 3.63) is 28.7 Å². The average molecular weight is 338 g/mol. The Morgan fingerprint density at radius 2 is 2.09 bits per heavy atom. The number of aryl methyl sites for hydroxylation is 3. The summed E-state index contributed by atoms with van der Waals surface area (Å²) in [5, 5.41) is 4.49. The highest BCUT2D eigenvalue weighted by atomic mass is 35.5. The topological polar surface area (TPSA) is 76.5 Å². The molecule has 0 bridgehead atoms. The Hall–Kier alpha value is -1.66. The maximum absolute atomic E-state index is 13.0. The van der Waals surface area contributed by atoms with Gasteiger partial charge in [-0.25, -0.2) is 9.50 Å². The number of amides is 1. The number of nitrogens with two attached hydrogens (primary N) is 1. The van der Waals surface area contributed by atoms with E-state index in [4.69, 9.17) is 5.73 Å². The second-order valence-electron chi connectivity index (χ2n) is 6.38. The second kappa shape index (κ2) is 6.45. The van der Waals surface area contributed by atoms with Gasteiger partial charge in [0.25, 0.3) is 5.91 Å². The number of hydrogen-bond acceptors (Lipinski definition) is 4. The maximum atomic E-state index is 13.0. The third kappa shape index (κ3) is 2.93. The van der Waals surface area contributed by atoms with Gasteiger partial charge < -0.3 is 10.6 Å². The lowest BCUT2D eigenvalue weighted by molar-refractivity contribution is 0.0744. The SMILES string of the molecule is Cc1cc(C)n2nc(C)c(C(=O)N3CC(CN)CC3C)c2n1.Cl. The Morgan fingerprint density at radius 1 is 1.39 bits per heavy atom. The summed E-state index contributed by atoms with van der Waals surface area (Å²) >= 11 is 0. The molecule has 0 aromatic carbocycles. The average Bonchev–Trinajstić information content (AvgIpc) is 2.98. The van der Waals surface area contributed by atoms with Gasteiger partial charge in [-0.15, -0.1) is 12.4 Å². The van der Waals surface area contributed by atoms with Crippen LogP contribution in [0.15, 0.2) is 6.07 Å². The van der Waals surface area contributed by atoms with E-state index in [2.05, 4.69) is 17.0 Å². The van der Waals surface area contributed by atoms with E-state index >= 15 is 0 Å². The number of aromatic nitrogens is 3. The van der Waals surface area contributed by atoms with E-state index in [1.165, 1.54) is 0 Å². The van der Waals surface area contributed by atoms with Gasteiger partial charge in [0.2, 0.25) is 0 Å². The van der Waals surface area contributed by atoms with Crippen LogP contribution in [0, 0.1) is 26.7 Å². The first-order chi connectivity index (χ1) is 10.4. The lowest BCUT2D eigenvalue weighted by atomic mass is 10.1. The monoisotopic (exact) mass is 337 g/mol. The summed E-state index contributed by atoms with van der Waals surface area (Å²) in [6.45, 7) is 9.21. The van der Waals surface area contributed by atoms with E-state index < -0.39 is 0 Å². The lowest BCUT2D eigenvalue weighted by Gasteiger charge is -2.21. The molecular weight excluding hydrogens is 314 g/mol. The van der Waals surface area contributed by atoms with Gasteiger partial charge in [0.05, 0.1) is 5.69 Å². The van der Waals surface area contributed by atoms with E-state index in [1.54, 1.807) is 4.52 Å². The van der Waals surface area contributed by atoms with Crippen molar-refractivity contribution >= 4 is 24.0 Å². The minimum Gasteiger partial charge on any atom is -0.335 e. The predicted octanol–water partition coefficient (Wildman–Crippen LogP) is 1.89. The molecule has 126 valence electrons. The van der Waals surface area contributed by atoms with Gasteiger partial charge in [0.15, 0.2) is 5.65 Å². The van der Waals surface area contributed by atoms with Crippen LogP contribution in [0.5, 0.6) is 0 Å². The highest BCUT2D eigenvalue weighted by Gasteiger charge is 2.34. The van der Waals surface area contributed by atoms with Crippen molar-refractivity contribution in [2.45, 2.75) is 40.2 Å². The molecule has 2 aromatic rings. The molecule has 1 fully saturated rings. The van der Waals surface area contributed by atoms with Crippen LogP contribution >= 0.6 is 12.4 Å². The third-order valence-electron chi connectivity index (χ3n) is 4.54. The van der Waals surface area contributed by atoms with Gasteiger partial charge >= 0.3 is 0 Å². The van der Waals surface area contributed by atoms with Gasteiger partial charge in [0.1, 0.15) is 5.56 Å². The smallest absolute Gasteiger partial charge is 0.259 e. The molecule has 0 radical (unpaired) electrons. The minimum atomic E-state index is 0. The molecule has 7 heteroatoms. The Balaban J connectivity index is 0.00000192. The van der Waals surface area contributed by atoms with Crippen molar-refractivity contribution in [3.63, 3.8) is 0 Å². The molecule has 1 saturated heterocycles. The molecule has 2 aromatic heterocycles. The maximum Gasteiger partial charge on any atom is 0.259 e. The molecule has 1 aliphatic heterocycles. The van der Waals surface area contributed by atoms with Crippen molar-refractivity contribution in [2.24, 2.45) is 11.7 Å². The van der Waals surface area contributed by atoms with E-state index in [-0.39, 0.29) is 24.4 Å². The second-order valence-corrected chi connectivity index (χ2v) is 6.38. The number of fused-ring (bicyclic) bond motifs is 1. The minimum absolute atomic E-state index is 0. The first kappa shape index (κ1) is 17.7. The largest absolute Gasteiger partial charge is 0.335 e. The fourth-order valence-electron chi connectivity index (χ4n) is 3.42. The van der Waals surface area contributed by atoms with Gasteiger partial charge in [-0.3, -0.25) is 4.79 Å². The fraction of sp³-hybridized carbons (Fsp3) is 0.562. The third-order valence-corrected chi connectivity index (χ3v) is 4.54. The Morgan fingerprint density at radius 3 is 2.70 bits per heavy atom. The normalized spacial score (nSPS) is 20.8. The molecule has 1 aliphatic rings. The summed E-state index contributed by atoms with van der Waals surface area (Å²) in [4.78, 5) is 19.5. The zero-order chi connectivity index (χ0) is 16.0. The van der Waals surface area contributed by atoms with Crippen LogP contribution in [-0.4, -0.2) is 44.5 Å². The van der Waals surface area contributed by atoms with Crippen LogP contribution in [0.3, 0.4) is 0 Å². The van der Waals surface area contributed by atoms with E-state index in [1.807, 2.05) is 31.7 Å². The highest BCUT2D eigenvalue weighted by molar-refractivity contribution is 6.01. The van der Waals surface area contributed by atoms with Crippen LogP contribution in [0.1, 0.15) is 40.8 Å². The van der Waals surface area contributed by atoms with Crippen LogP contribution in [-0.2, 0) is 0 Å². The van der Waals surface area contributed by atoms with Crippen LogP contribution in [0.25, 0.3) is 5.65 Å². The number of hydrogen-bond donors (Lipinski definition) is 1. The summed E-state index contributed by atoms with van der Waals surface area (Å²) in [7, 11) is 0. The first-order valence-electron chi connectivity index (χ1n) is 7.77. The summed E-state index contributed by atoms with van der Waals surface area (Å²) in [6, 6.07) is 2.18. The summed E-state index contributed by atoms with van der Waals surface area (Å²) in [5.41, 5.74) is 9.66. The lowest BCUT2D eigenvalue weighted by Crippen LogP contribution is -2.34. The van der Waals surface area contributed by atoms with E-state index in [0.29, 0.717) is 23.7 Å². The molecule has 2 unspecified atom stereocenters. The number of halogens is 1. The molecule has 6 nitrogen and oxygen atoms in total. The fourth-order valence-corrected chi connectivity index (χ4v) is 3.42. The molecule has 0 aliphatic carbocycles. The first-order valence-corrected chi connectivity index (χ1v) is 7.77. The van der Waals surface area contributed by atoms with Crippen molar-refractivity contribution in [1.82, 2.24) is 19.5 Å². The number of likely N-dealkylation sites (tertiary alicyclic amines) is 1. The van der Waals surface area contributed by atoms with Crippen LogP contribution in [0.2, 0.25) is 0 Å². The van der Waals surface area contributed by atoms with Gasteiger partial charge in [0, 0.05) is 24.0 Å². The molecule has 3 rings (SSSR count). The van der Waals surface area contributed by atoms with E-state index in [9.17, 15) is 4.79 Å². The molecule has 23 heavy (non-hydrogen) atoms. The number of carbonyl (C=O) groups excluding carboxylic acids is 1. The van der Waals surface area contributed by atoms with Crippen molar-refractivity contribution in [3.8, 4) is 0 Å². The molecule has 1 amide bonds. The Bertz CT molecular complexity index is 742. The summed E-state index contributed by atoms with van der Waals surface area (Å²) in [6.07, 6.45) is 0.964. The zero-order valence-corrected chi connectivity index (χ0v) is 14.9. The summed E-state index contributed by atoms with van der Waals surface area (Å²) < 4.78 is 1.76. The molecule has 2 atom stereocenters. The standard InChI is InChI=1S/C16H23N5O.ClH/c1-9-5-11(3)21-15(18-9)14(12(4)19-21)16(22)20-8-13(7-17)6-10(20)2;/h5,10,13H,6-8,17H2,1-4H3;1H. The molecule has 2 N–H and O–H groups in total. The van der Waals surface area contributed by atoms with Gasteiger partial charge in [-0.1, -0.05) is 0 Å². The molecule has 0 saturated carbocycles. The van der Waals surface area contributed by atoms with Crippen molar-refractivity contribution in [2.75, 3.05) is 13.1 Å². The van der Waals surface area contributed by atoms with Gasteiger partial charge in [-0.05, 0) is 52.6 Å². The zero-order valence-electron chi connectivity index (χ0n) is 14.0. The number of carbonyl (C=O) groups is 1. The Labute approximate surface area is 142 Å². The van der Waals surface area contributed by atoms with Gasteiger partial charge in [-0.2, -0.15) is 5.10 Å².